The molecule has 3 rings (SSSR count). The van der Waals surface area contributed by atoms with Crippen molar-refractivity contribution in [2.75, 3.05) is 0 Å². The van der Waals surface area contributed by atoms with Crippen LogP contribution in [0.3, 0.4) is 0 Å². The minimum absolute atomic E-state index is 0.168. The molecule has 0 N–H and O–H groups in total. The molecule has 1 unspecified atom stereocenters. The van der Waals surface area contributed by atoms with E-state index in [9.17, 15) is 22.8 Å². The first kappa shape index (κ1) is 18.8. The maximum Gasteiger partial charge on any atom is 0.416 e. The summed E-state index contributed by atoms with van der Waals surface area (Å²) in [6.45, 7) is 5.36. The number of benzene rings is 1. The van der Waals surface area contributed by atoms with E-state index in [1.165, 1.54) is 17.4 Å². The van der Waals surface area contributed by atoms with E-state index in [1.54, 1.807) is 13.0 Å². The molecule has 7 heteroatoms. The van der Waals surface area contributed by atoms with E-state index in [0.717, 1.165) is 12.1 Å². The van der Waals surface area contributed by atoms with Gasteiger partial charge in [-0.25, -0.2) is 4.98 Å². The second kappa shape index (κ2) is 6.30. The highest BCUT2D eigenvalue weighted by Gasteiger charge is 2.44. The van der Waals surface area contributed by atoms with Crippen LogP contribution in [0.1, 0.15) is 48.7 Å². The Bertz CT molecular complexity index is 883. The second-order valence-electron chi connectivity index (χ2n) is 7.19. The summed E-state index contributed by atoms with van der Waals surface area (Å²) in [5.41, 5.74) is -0.653. The van der Waals surface area contributed by atoms with Gasteiger partial charge in [-0.15, -0.1) is 11.3 Å². The van der Waals surface area contributed by atoms with Gasteiger partial charge in [-0.1, -0.05) is 26.0 Å². The van der Waals surface area contributed by atoms with E-state index in [-0.39, 0.29) is 11.6 Å². The van der Waals surface area contributed by atoms with Gasteiger partial charge in [0.25, 0.3) is 0 Å². The molecule has 3 nitrogen and oxygen atoms in total. The first-order chi connectivity index (χ1) is 12.0. The van der Waals surface area contributed by atoms with E-state index >= 15 is 0 Å². The number of ketones is 2. The molecule has 1 aromatic heterocycles. The predicted molar refractivity (Wildman–Crippen MR) is 93.1 cm³/mol. The smallest absolute Gasteiger partial charge is 0.298 e. The topological polar surface area (TPSA) is 47.0 Å². The van der Waals surface area contributed by atoms with Crippen LogP contribution in [0, 0.1) is 12.3 Å². The molecular formula is C19H18F3NO2S. The van der Waals surface area contributed by atoms with Crippen molar-refractivity contribution in [1.82, 2.24) is 4.98 Å². The number of carbonyl (C=O) groups excluding carboxylic acids is 2. The lowest BCUT2D eigenvalue weighted by atomic mass is 9.69. The number of alkyl halides is 3. The number of Topliss-reactive ketones (excluding diaryl/α,β-unsaturated/α-hetero) is 2. The first-order valence-electron chi connectivity index (χ1n) is 8.23. The molecule has 2 aromatic rings. The molecule has 138 valence electrons. The van der Waals surface area contributed by atoms with Crippen molar-refractivity contribution in [1.29, 1.82) is 0 Å². The van der Waals surface area contributed by atoms with E-state index in [0.29, 0.717) is 34.0 Å². The minimum Gasteiger partial charge on any atom is -0.298 e. The molecule has 0 saturated heterocycles. The number of halogens is 3. The van der Waals surface area contributed by atoms with Gasteiger partial charge in [0.1, 0.15) is 16.7 Å². The molecular weight excluding hydrogens is 363 g/mol. The Hall–Kier alpha value is -2.02. The molecule has 1 aliphatic carbocycles. The fraction of sp³-hybridized carbons (Fsp3) is 0.421. The maximum atomic E-state index is 12.9. The van der Waals surface area contributed by atoms with Crippen molar-refractivity contribution < 1.29 is 22.8 Å². The van der Waals surface area contributed by atoms with Gasteiger partial charge in [0.15, 0.2) is 5.78 Å². The zero-order valence-electron chi connectivity index (χ0n) is 14.6. The lowest BCUT2D eigenvalue weighted by Crippen LogP contribution is -2.39. The summed E-state index contributed by atoms with van der Waals surface area (Å²) in [6, 6.07) is 4.92. The van der Waals surface area contributed by atoms with Crippen LogP contribution in [0.15, 0.2) is 24.3 Å². The van der Waals surface area contributed by atoms with E-state index in [4.69, 9.17) is 0 Å². The van der Waals surface area contributed by atoms with Crippen molar-refractivity contribution in [2.45, 2.75) is 45.7 Å². The Morgan fingerprint density at radius 2 is 1.92 bits per heavy atom. The molecule has 0 amide bonds. The zero-order chi connectivity index (χ0) is 19.3. The number of aryl methyl sites for hydroxylation is 1. The molecule has 0 spiro atoms. The van der Waals surface area contributed by atoms with Gasteiger partial charge < -0.3 is 0 Å². The van der Waals surface area contributed by atoms with Crippen LogP contribution in [0.2, 0.25) is 0 Å². The van der Waals surface area contributed by atoms with Crippen LogP contribution in [-0.4, -0.2) is 16.6 Å². The summed E-state index contributed by atoms with van der Waals surface area (Å²) >= 11 is 1.20. The molecule has 1 aliphatic rings. The normalized spacial score (nSPS) is 20.5. The van der Waals surface area contributed by atoms with Gasteiger partial charge in [0.2, 0.25) is 0 Å². The summed E-state index contributed by atoms with van der Waals surface area (Å²) < 4.78 is 38.8. The predicted octanol–water partition coefficient (Wildman–Crippen LogP) is 5.18. The van der Waals surface area contributed by atoms with E-state index in [2.05, 4.69) is 4.98 Å². The van der Waals surface area contributed by atoms with Gasteiger partial charge in [0, 0.05) is 22.3 Å². The molecule has 0 bridgehead atoms. The number of nitrogens with zero attached hydrogens (tertiary/aromatic N) is 1. The molecule has 1 aromatic carbocycles. The average molecular weight is 381 g/mol. The van der Waals surface area contributed by atoms with Crippen LogP contribution in [0.4, 0.5) is 13.2 Å². The third-order valence-corrected chi connectivity index (χ3v) is 5.83. The zero-order valence-corrected chi connectivity index (χ0v) is 15.4. The average Bonchev–Trinajstić information content (AvgIpc) is 2.93. The first-order valence-corrected chi connectivity index (χ1v) is 9.04. The second-order valence-corrected chi connectivity index (χ2v) is 8.39. The summed E-state index contributed by atoms with van der Waals surface area (Å²) in [6.07, 6.45) is -3.63. The summed E-state index contributed by atoms with van der Waals surface area (Å²) in [7, 11) is 0. The molecule has 26 heavy (non-hydrogen) atoms. The summed E-state index contributed by atoms with van der Waals surface area (Å²) in [5.74, 6) is -1.26. The Morgan fingerprint density at radius 3 is 2.58 bits per heavy atom. The summed E-state index contributed by atoms with van der Waals surface area (Å²) in [5, 5.41) is 0.382. The molecule has 1 saturated carbocycles. The van der Waals surface area contributed by atoms with Crippen molar-refractivity contribution >= 4 is 22.9 Å². The van der Waals surface area contributed by atoms with Crippen LogP contribution in [-0.2, 0) is 15.8 Å². The van der Waals surface area contributed by atoms with Crippen LogP contribution >= 0.6 is 11.3 Å². The summed E-state index contributed by atoms with van der Waals surface area (Å²) in [4.78, 5) is 30.2. The highest BCUT2D eigenvalue weighted by atomic mass is 32.1. The van der Waals surface area contributed by atoms with Crippen molar-refractivity contribution in [3.05, 3.63) is 40.4 Å². The number of carbonyl (C=O) groups is 2. The fourth-order valence-corrected chi connectivity index (χ4v) is 4.09. The Morgan fingerprint density at radius 1 is 1.23 bits per heavy atom. The fourth-order valence-electron chi connectivity index (χ4n) is 3.14. The number of hydrogen-bond donors (Lipinski definition) is 0. The SMILES string of the molecule is Cc1sc(-c2cccc(C(F)(F)F)c2)nc1C1C(=O)CCC(C)(C)C1=O. The molecule has 1 fully saturated rings. The largest absolute Gasteiger partial charge is 0.416 e. The Labute approximate surface area is 153 Å². The maximum absolute atomic E-state index is 12.9. The van der Waals surface area contributed by atoms with Crippen molar-refractivity contribution in [3.8, 4) is 10.6 Å². The van der Waals surface area contributed by atoms with Gasteiger partial charge in [-0.3, -0.25) is 9.59 Å². The third-order valence-electron chi connectivity index (χ3n) is 4.79. The van der Waals surface area contributed by atoms with E-state index in [1.807, 2.05) is 13.8 Å². The van der Waals surface area contributed by atoms with Crippen molar-refractivity contribution in [2.24, 2.45) is 5.41 Å². The van der Waals surface area contributed by atoms with Gasteiger partial charge in [-0.05, 0) is 25.5 Å². The van der Waals surface area contributed by atoms with Crippen LogP contribution in [0.5, 0.6) is 0 Å². The quantitative estimate of drug-likeness (QED) is 0.674. The molecule has 0 aliphatic heterocycles. The van der Waals surface area contributed by atoms with E-state index < -0.39 is 23.1 Å². The van der Waals surface area contributed by atoms with Crippen molar-refractivity contribution in [3.63, 3.8) is 0 Å². The molecule has 1 heterocycles. The standard InChI is InChI=1S/C19H18F3NO2S/c1-10-15(14-13(24)7-8-18(2,3)16(14)25)23-17(26-10)11-5-4-6-12(9-11)19(20,21)22/h4-6,9,14H,7-8H2,1-3H3. The number of thiazole rings is 1. The minimum atomic E-state index is -4.44. The Kier molecular flexibility index (Phi) is 4.55. The molecule has 1 atom stereocenters. The number of aromatic nitrogens is 1. The highest BCUT2D eigenvalue weighted by molar-refractivity contribution is 7.15. The van der Waals surface area contributed by atoms with Gasteiger partial charge in [0.05, 0.1) is 11.3 Å². The van der Waals surface area contributed by atoms with Crippen LogP contribution < -0.4 is 0 Å². The lowest BCUT2D eigenvalue weighted by Gasteiger charge is -2.32. The Balaban J connectivity index is 2.03. The van der Waals surface area contributed by atoms with Gasteiger partial charge >= 0.3 is 6.18 Å². The highest BCUT2D eigenvalue weighted by Crippen LogP contribution is 2.41. The van der Waals surface area contributed by atoms with Crippen LogP contribution in [0.25, 0.3) is 10.6 Å². The van der Waals surface area contributed by atoms with Gasteiger partial charge in [-0.2, -0.15) is 13.2 Å². The third kappa shape index (κ3) is 3.32. The lowest BCUT2D eigenvalue weighted by molar-refractivity contribution is -0.139. The number of hydrogen-bond acceptors (Lipinski definition) is 4. The molecule has 0 radical (unpaired) electrons. The monoisotopic (exact) mass is 381 g/mol. The number of rotatable bonds is 2.